The van der Waals surface area contributed by atoms with Crippen LogP contribution in [0.2, 0.25) is 0 Å². The van der Waals surface area contributed by atoms with Crippen molar-refractivity contribution in [2.45, 2.75) is 50.7 Å². The van der Waals surface area contributed by atoms with E-state index in [2.05, 4.69) is 29.9 Å². The van der Waals surface area contributed by atoms with Crippen LogP contribution in [0.15, 0.2) is 86.0 Å². The zero-order chi connectivity index (χ0) is 37.1. The molecular formula is C38H38N8O6S2. The summed E-state index contributed by atoms with van der Waals surface area (Å²) in [6.45, 7) is 3.77. The van der Waals surface area contributed by atoms with Crippen molar-refractivity contribution < 1.29 is 23.9 Å². The second kappa shape index (κ2) is 18.1. The van der Waals surface area contributed by atoms with Gasteiger partial charge in [0, 0.05) is 98.8 Å². The largest absolute Gasteiger partial charge is 0.485 e. The molecule has 0 spiro atoms. The number of anilines is 1. The topological polar surface area (TPSA) is 183 Å². The molecule has 2 aliphatic rings. The summed E-state index contributed by atoms with van der Waals surface area (Å²) >= 11 is 3.30. The molecule has 2 fully saturated rings. The van der Waals surface area contributed by atoms with Crippen LogP contribution < -0.4 is 15.2 Å². The molecule has 2 aliphatic heterocycles. The number of hydrogen-bond donors (Lipinski definition) is 1. The maximum absolute atomic E-state index is 11.3. The Balaban J connectivity index is 0.000000167. The third kappa shape index (κ3) is 9.57. The van der Waals surface area contributed by atoms with Gasteiger partial charge in [-0.3, -0.25) is 9.97 Å². The van der Waals surface area contributed by atoms with Crippen LogP contribution in [0.4, 0.5) is 11.6 Å². The van der Waals surface area contributed by atoms with Crippen LogP contribution in [-0.4, -0.2) is 61.3 Å². The minimum atomic E-state index is -0.536. The quantitative estimate of drug-likeness (QED) is 0.100. The zero-order valence-corrected chi connectivity index (χ0v) is 30.9. The van der Waals surface area contributed by atoms with Gasteiger partial charge in [-0.2, -0.15) is 0 Å². The van der Waals surface area contributed by atoms with Crippen LogP contribution in [0.25, 0.3) is 20.9 Å². The Morgan fingerprint density at radius 3 is 1.65 bits per heavy atom. The molecule has 8 rings (SSSR count). The molecule has 0 amide bonds. The van der Waals surface area contributed by atoms with Gasteiger partial charge in [0.1, 0.15) is 19.4 Å². The number of rotatable bonds is 11. The summed E-state index contributed by atoms with van der Waals surface area (Å²) in [6, 6.07) is 11.0. The fourth-order valence-electron chi connectivity index (χ4n) is 5.91. The lowest BCUT2D eigenvalue weighted by Gasteiger charge is -2.19. The molecule has 0 saturated carbocycles. The highest BCUT2D eigenvalue weighted by atomic mass is 32.1. The summed E-state index contributed by atoms with van der Waals surface area (Å²) in [4.78, 5) is 38.2. The van der Waals surface area contributed by atoms with E-state index in [1.165, 1.54) is 11.2 Å². The summed E-state index contributed by atoms with van der Waals surface area (Å²) in [7, 11) is 0. The minimum absolute atomic E-state index is 0.139. The number of nitro groups is 1. The third-order valence-corrected chi connectivity index (χ3v) is 11.4. The first-order chi connectivity index (χ1) is 26.5. The standard InChI is InChI=1S/C19H18N4O4S.C19H20N4O2S/c24-23(25)18-16(27-12-13-1-5-20-6-2-13)9-15(10-21-18)17-11-22-19(28-17)14-3-7-26-8-4-14;20-18-16(25-12-13-1-5-21-6-2-13)9-15(10-22-18)17-11-23-19(26-17)14-3-7-24-8-4-14/h1-2,5-6,9-11,14H,3-4,7-8,12H2;1-2,5-6,9-11,14H,3-4,7-8,12H2,(H2,20,22). The molecule has 14 nitrogen and oxygen atoms in total. The van der Waals surface area contributed by atoms with Gasteiger partial charge < -0.3 is 34.8 Å². The number of thiazole rings is 2. The predicted octanol–water partition coefficient (Wildman–Crippen LogP) is 7.64. The van der Waals surface area contributed by atoms with Crippen LogP contribution in [-0.2, 0) is 22.7 Å². The highest BCUT2D eigenvalue weighted by Gasteiger charge is 2.23. The summed E-state index contributed by atoms with van der Waals surface area (Å²) in [5, 5.41) is 13.6. The summed E-state index contributed by atoms with van der Waals surface area (Å²) in [6.07, 6.45) is 17.8. The van der Waals surface area contributed by atoms with Gasteiger partial charge in [0.15, 0.2) is 11.6 Å². The average Bonchev–Trinajstić information content (AvgIpc) is 3.93. The average molecular weight is 767 g/mol. The number of nitrogen functional groups attached to an aromatic ring is 1. The van der Waals surface area contributed by atoms with E-state index in [1.807, 2.05) is 24.4 Å². The van der Waals surface area contributed by atoms with Gasteiger partial charge in [0.05, 0.1) is 19.8 Å². The Labute approximate surface area is 319 Å². The molecule has 6 aromatic rings. The minimum Gasteiger partial charge on any atom is -0.485 e. The lowest BCUT2D eigenvalue weighted by Crippen LogP contribution is -2.13. The fraction of sp³-hybridized carbons (Fsp3) is 0.316. The highest BCUT2D eigenvalue weighted by molar-refractivity contribution is 7.15. The molecule has 2 saturated heterocycles. The van der Waals surface area contributed by atoms with Gasteiger partial charge in [-0.05, 0) is 77.0 Å². The van der Waals surface area contributed by atoms with E-state index < -0.39 is 4.92 Å². The van der Waals surface area contributed by atoms with Crippen molar-refractivity contribution in [3.05, 3.63) is 117 Å². The summed E-state index contributed by atoms with van der Waals surface area (Å²) < 4.78 is 22.4. The van der Waals surface area contributed by atoms with E-state index >= 15 is 0 Å². The molecule has 2 N–H and O–H groups in total. The highest BCUT2D eigenvalue weighted by Crippen LogP contribution is 2.38. The van der Waals surface area contributed by atoms with E-state index in [1.54, 1.807) is 78.1 Å². The molecular weight excluding hydrogens is 729 g/mol. The monoisotopic (exact) mass is 766 g/mol. The number of nitrogens with zero attached hydrogens (tertiary/aromatic N) is 7. The maximum atomic E-state index is 11.3. The molecule has 0 aliphatic carbocycles. The summed E-state index contributed by atoms with van der Waals surface area (Å²) in [5.41, 5.74) is 9.61. The lowest BCUT2D eigenvalue weighted by molar-refractivity contribution is -0.390. The molecule has 8 heterocycles. The van der Waals surface area contributed by atoms with E-state index in [4.69, 9.17) is 24.7 Å². The number of aromatic nitrogens is 6. The maximum Gasteiger partial charge on any atom is 0.406 e. The van der Waals surface area contributed by atoms with Gasteiger partial charge in [-0.15, -0.1) is 22.7 Å². The normalized spacial score (nSPS) is 14.9. The predicted molar refractivity (Wildman–Crippen MR) is 204 cm³/mol. The fourth-order valence-corrected chi connectivity index (χ4v) is 8.05. The van der Waals surface area contributed by atoms with Gasteiger partial charge in [-0.1, -0.05) is 0 Å². The van der Waals surface area contributed by atoms with Crippen molar-refractivity contribution in [2.24, 2.45) is 0 Å². The first-order valence-electron chi connectivity index (χ1n) is 17.5. The van der Waals surface area contributed by atoms with Crippen molar-refractivity contribution in [1.29, 1.82) is 0 Å². The van der Waals surface area contributed by atoms with Crippen molar-refractivity contribution in [3.8, 4) is 32.4 Å². The number of nitrogens with two attached hydrogens (primary N) is 1. The molecule has 0 unspecified atom stereocenters. The van der Waals surface area contributed by atoms with Gasteiger partial charge in [0.25, 0.3) is 0 Å². The third-order valence-electron chi connectivity index (χ3n) is 8.93. The van der Waals surface area contributed by atoms with Crippen LogP contribution in [0.3, 0.4) is 0 Å². The molecule has 54 heavy (non-hydrogen) atoms. The second-order valence-electron chi connectivity index (χ2n) is 12.6. The zero-order valence-electron chi connectivity index (χ0n) is 29.3. The SMILES string of the molecule is Nc1ncc(-c2cnc(C3CCOCC3)s2)cc1OCc1ccncc1.O=[N+]([O-])c1ncc(-c2cnc(C3CCOCC3)s2)cc1OCc1ccncc1. The van der Waals surface area contributed by atoms with Crippen LogP contribution in [0, 0.1) is 10.1 Å². The molecule has 278 valence electrons. The number of hydrogen-bond acceptors (Lipinski definition) is 15. The number of ether oxygens (including phenoxy) is 4. The van der Waals surface area contributed by atoms with Crippen molar-refractivity contribution in [2.75, 3.05) is 32.2 Å². The second-order valence-corrected chi connectivity index (χ2v) is 14.7. The van der Waals surface area contributed by atoms with Crippen molar-refractivity contribution in [1.82, 2.24) is 29.9 Å². The molecule has 0 aromatic carbocycles. The smallest absolute Gasteiger partial charge is 0.406 e. The molecule has 6 aromatic heterocycles. The Hall–Kier alpha value is -5.42. The number of pyridine rings is 4. The first-order valence-corrected chi connectivity index (χ1v) is 19.1. The molecule has 0 atom stereocenters. The van der Waals surface area contributed by atoms with E-state index in [9.17, 15) is 10.1 Å². The van der Waals surface area contributed by atoms with Crippen LogP contribution in [0.1, 0.15) is 58.7 Å². The van der Waals surface area contributed by atoms with Gasteiger partial charge >= 0.3 is 5.82 Å². The molecule has 0 radical (unpaired) electrons. The van der Waals surface area contributed by atoms with E-state index in [0.717, 1.165) is 89.1 Å². The Kier molecular flexibility index (Phi) is 12.4. The van der Waals surface area contributed by atoms with Crippen LogP contribution >= 0.6 is 22.7 Å². The molecule has 0 bridgehead atoms. The van der Waals surface area contributed by atoms with Gasteiger partial charge in [0.2, 0.25) is 5.75 Å². The van der Waals surface area contributed by atoms with Gasteiger partial charge in [-0.25, -0.2) is 15.0 Å². The van der Waals surface area contributed by atoms with Crippen LogP contribution in [0.5, 0.6) is 11.5 Å². The molecule has 16 heteroatoms. The lowest BCUT2D eigenvalue weighted by atomic mass is 10.0. The van der Waals surface area contributed by atoms with E-state index in [0.29, 0.717) is 30.0 Å². The Bertz CT molecular complexity index is 2120. The van der Waals surface area contributed by atoms with Crippen molar-refractivity contribution >= 4 is 34.3 Å². The van der Waals surface area contributed by atoms with E-state index in [-0.39, 0.29) is 18.2 Å². The summed E-state index contributed by atoms with van der Waals surface area (Å²) in [5.74, 6) is 1.71. The Morgan fingerprint density at radius 1 is 0.685 bits per heavy atom. The first kappa shape index (κ1) is 36.9. The Morgan fingerprint density at radius 2 is 1.15 bits per heavy atom. The van der Waals surface area contributed by atoms with Crippen molar-refractivity contribution in [3.63, 3.8) is 0 Å².